The second-order valence-electron chi connectivity index (χ2n) is 15.1. The number of nitrogens with one attached hydrogen (secondary N) is 2. The van der Waals surface area contributed by atoms with Crippen LogP contribution in [0.15, 0.2) is 21.1 Å². The molecular weight excluding hydrogens is 976 g/mol. The lowest BCUT2D eigenvalue weighted by Crippen LogP contribution is -2.08. The van der Waals surface area contributed by atoms with Crippen molar-refractivity contribution >= 4 is 118 Å². The van der Waals surface area contributed by atoms with Gasteiger partial charge in [0.25, 0.3) is 0 Å². The SMILES string of the molecule is COC(=O)CCC1=C(CC(=O)OC)c2cc3[nH]c(cc4[nH]c(c(Br)c5nc(c(Br)c1n2)C(C)=C5CCC(=O)OC)c(CC(C)=O)c4CCC(=O)OC)c(CC(=O)OC)c3CCC(=O)OC. The van der Waals surface area contributed by atoms with E-state index in [-0.39, 0.29) is 76.4 Å². The van der Waals surface area contributed by atoms with Crippen LogP contribution in [-0.2, 0) is 87.7 Å². The van der Waals surface area contributed by atoms with Crippen LogP contribution < -0.4 is 0 Å². The minimum Gasteiger partial charge on any atom is -0.469 e. The first-order valence-corrected chi connectivity index (χ1v) is 22.1. The topological polar surface area (TPSA) is 232 Å². The van der Waals surface area contributed by atoms with Gasteiger partial charge in [-0.1, -0.05) is 0 Å². The highest BCUT2D eigenvalue weighted by atomic mass is 79.9. The predicted molar refractivity (Wildman–Crippen MR) is 246 cm³/mol. The number of carbonyl (C=O) groups excluding carboxylic acids is 7. The fourth-order valence-electron chi connectivity index (χ4n) is 7.86. The zero-order valence-corrected chi connectivity index (χ0v) is 40.6. The molecule has 0 aromatic carbocycles. The number of carbonyl (C=O) groups is 7. The number of rotatable bonds is 18. The summed E-state index contributed by atoms with van der Waals surface area (Å²) in [4.78, 5) is 107. The van der Waals surface area contributed by atoms with Gasteiger partial charge in [-0.2, -0.15) is 0 Å². The maximum absolute atomic E-state index is 13.2. The smallest absolute Gasteiger partial charge is 0.310 e. The molecule has 65 heavy (non-hydrogen) atoms. The van der Waals surface area contributed by atoms with E-state index in [0.29, 0.717) is 98.3 Å². The van der Waals surface area contributed by atoms with Gasteiger partial charge in [-0.15, -0.1) is 0 Å². The molecule has 2 aliphatic heterocycles. The number of methoxy groups -OCH3 is 6. The third-order valence-electron chi connectivity index (χ3n) is 11.2. The number of hydrogen-bond acceptors (Lipinski definition) is 15. The number of Topliss-reactive ketones (excluding diaryl/α,β-unsaturated/α-hetero) is 1. The van der Waals surface area contributed by atoms with Gasteiger partial charge in [-0.3, -0.25) is 33.6 Å². The molecule has 0 saturated heterocycles. The molecule has 2 aliphatic rings. The highest BCUT2D eigenvalue weighted by Crippen LogP contribution is 2.45. The van der Waals surface area contributed by atoms with Crippen LogP contribution in [0, 0.1) is 0 Å². The Bertz CT molecular complexity index is 2690. The Labute approximate surface area is 391 Å². The number of ether oxygens (including phenoxy) is 6. The summed E-state index contributed by atoms with van der Waals surface area (Å²) >= 11 is 7.66. The van der Waals surface area contributed by atoms with E-state index in [1.807, 2.05) is 6.92 Å². The van der Waals surface area contributed by atoms with Gasteiger partial charge in [0.1, 0.15) is 5.78 Å². The number of nitrogens with zero attached hydrogens (tertiary/aromatic N) is 2. The molecule has 2 N–H and O–H groups in total. The van der Waals surface area contributed by atoms with Gasteiger partial charge in [-0.25, -0.2) is 9.97 Å². The van der Waals surface area contributed by atoms with Crippen molar-refractivity contribution in [3.63, 3.8) is 0 Å². The molecule has 19 heteroatoms. The van der Waals surface area contributed by atoms with E-state index in [4.69, 9.17) is 38.4 Å². The molecule has 0 spiro atoms. The van der Waals surface area contributed by atoms with Crippen LogP contribution in [-0.4, -0.2) is 104 Å². The second-order valence-corrected chi connectivity index (χ2v) is 16.7. The maximum atomic E-state index is 13.2. The summed E-state index contributed by atoms with van der Waals surface area (Å²) in [5, 5.41) is 0. The van der Waals surface area contributed by atoms with Gasteiger partial charge in [0.2, 0.25) is 0 Å². The molecule has 346 valence electrons. The van der Waals surface area contributed by atoms with Crippen molar-refractivity contribution in [2.75, 3.05) is 42.7 Å². The number of aryl methyl sites for hydroxylation is 2. The molecule has 0 unspecified atom stereocenters. The summed E-state index contributed by atoms with van der Waals surface area (Å²) in [5.74, 6) is -3.30. The zero-order valence-electron chi connectivity index (χ0n) is 37.4. The van der Waals surface area contributed by atoms with Crippen LogP contribution >= 0.6 is 31.9 Å². The minimum atomic E-state index is -0.588. The lowest BCUT2D eigenvalue weighted by atomic mass is 9.96. The Morgan fingerprint density at radius 3 is 1.49 bits per heavy atom. The predicted octanol–water partition coefficient (Wildman–Crippen LogP) is 7.21. The first-order valence-electron chi connectivity index (χ1n) is 20.5. The molecule has 3 aromatic heterocycles. The fraction of sp³-hybridized carbons (Fsp3) is 0.413. The standard InChI is InChI=1S/C46H50Br2N4O13/c1-22(53)17-30-26(11-15-37(56)62-5)32-21-33-28(18-39(58)64-7)25(10-14-36(55)61-4)31(49-33)20-34-29(19-40(59)65-8)27(12-16-38(57)63-6)45(51-34)41(47)43-23(2)24(9-13-35(54)60-3)44(52-43)42(48)46(30)50-32/h20-21,49-50H,9-19H2,1-8H3. The molecule has 0 saturated carbocycles. The normalized spacial score (nSPS) is 12.2. The van der Waals surface area contributed by atoms with Gasteiger partial charge in [0.15, 0.2) is 0 Å². The lowest BCUT2D eigenvalue weighted by molar-refractivity contribution is -0.141. The number of fused-ring (bicyclic) bond motifs is 8. The Morgan fingerprint density at radius 1 is 0.492 bits per heavy atom. The summed E-state index contributed by atoms with van der Waals surface area (Å²) in [6.45, 7) is 3.29. The van der Waals surface area contributed by atoms with E-state index in [0.717, 1.165) is 0 Å². The van der Waals surface area contributed by atoms with E-state index in [2.05, 4.69) is 41.8 Å². The molecule has 3 aromatic rings. The van der Waals surface area contributed by atoms with Gasteiger partial charge in [0.05, 0.1) is 92.7 Å². The molecule has 0 atom stereocenters. The van der Waals surface area contributed by atoms with Crippen LogP contribution in [0.25, 0.3) is 44.4 Å². The Balaban J connectivity index is 2.12. The third kappa shape index (κ3) is 11.5. The molecule has 0 aliphatic carbocycles. The number of esters is 6. The van der Waals surface area contributed by atoms with Gasteiger partial charge < -0.3 is 38.4 Å². The largest absolute Gasteiger partial charge is 0.469 e. The Morgan fingerprint density at radius 2 is 0.954 bits per heavy atom. The number of aromatic amines is 2. The summed E-state index contributed by atoms with van der Waals surface area (Å²) in [5.41, 5.74) is 7.72. The molecule has 5 rings (SSSR count). The van der Waals surface area contributed by atoms with Crippen molar-refractivity contribution in [1.29, 1.82) is 0 Å². The number of allylic oxidation sites excluding steroid dienone is 3. The quantitative estimate of drug-likeness (QED) is 0.0947. The van der Waals surface area contributed by atoms with E-state index in [9.17, 15) is 33.6 Å². The maximum Gasteiger partial charge on any atom is 0.310 e. The van der Waals surface area contributed by atoms with Crippen molar-refractivity contribution in [2.24, 2.45) is 0 Å². The van der Waals surface area contributed by atoms with Gasteiger partial charge in [-0.05, 0) is 128 Å². The van der Waals surface area contributed by atoms with Crippen molar-refractivity contribution < 1.29 is 62.0 Å². The van der Waals surface area contributed by atoms with Crippen LogP contribution in [0.2, 0.25) is 0 Å². The summed E-state index contributed by atoms with van der Waals surface area (Å²) in [6.07, 6.45) is -0.249. The van der Waals surface area contributed by atoms with Crippen molar-refractivity contribution in [1.82, 2.24) is 19.9 Å². The zero-order chi connectivity index (χ0) is 47.7. The summed E-state index contributed by atoms with van der Waals surface area (Å²) in [6, 6.07) is 3.45. The number of halogens is 2. The Hall–Kier alpha value is -5.95. The molecule has 0 fully saturated rings. The average molecular weight is 1030 g/mol. The highest BCUT2D eigenvalue weighted by Gasteiger charge is 2.31. The monoisotopic (exact) mass is 1020 g/mol. The molecule has 0 amide bonds. The fourth-order valence-corrected chi connectivity index (χ4v) is 9.24. The van der Waals surface area contributed by atoms with Crippen molar-refractivity contribution in [3.05, 3.63) is 66.1 Å². The van der Waals surface area contributed by atoms with Crippen LogP contribution in [0.4, 0.5) is 0 Å². The van der Waals surface area contributed by atoms with E-state index < -0.39 is 35.8 Å². The third-order valence-corrected chi connectivity index (χ3v) is 12.7. The molecule has 8 bridgehead atoms. The average Bonchev–Trinajstić information content (AvgIpc) is 4.01. The summed E-state index contributed by atoms with van der Waals surface area (Å²) < 4.78 is 31.1. The lowest BCUT2D eigenvalue weighted by Gasteiger charge is -2.09. The molecule has 17 nitrogen and oxygen atoms in total. The number of ketones is 1. The highest BCUT2D eigenvalue weighted by molar-refractivity contribution is 9.11. The second kappa shape index (κ2) is 22.3. The number of hydrogen-bond donors (Lipinski definition) is 2. The first kappa shape index (κ1) is 50.1. The van der Waals surface area contributed by atoms with E-state index in [1.165, 1.54) is 49.6 Å². The number of H-pyrrole nitrogens is 2. The Kier molecular flexibility index (Phi) is 17.2. The van der Waals surface area contributed by atoms with Crippen molar-refractivity contribution in [3.8, 4) is 0 Å². The van der Waals surface area contributed by atoms with E-state index >= 15 is 0 Å². The van der Waals surface area contributed by atoms with Crippen LogP contribution in [0.5, 0.6) is 0 Å². The first-order chi connectivity index (χ1) is 31.0. The van der Waals surface area contributed by atoms with Crippen molar-refractivity contribution in [2.45, 2.75) is 84.5 Å². The minimum absolute atomic E-state index is 0.000576. The number of aromatic nitrogens is 4. The van der Waals surface area contributed by atoms with Crippen LogP contribution in [0.3, 0.4) is 0 Å². The van der Waals surface area contributed by atoms with E-state index in [1.54, 1.807) is 12.1 Å². The molecule has 5 heterocycles. The molecule has 0 radical (unpaired) electrons. The molecular formula is C46H50Br2N4O13. The summed E-state index contributed by atoms with van der Waals surface area (Å²) in [7, 11) is 7.64. The van der Waals surface area contributed by atoms with Gasteiger partial charge in [0, 0.05) is 48.7 Å². The van der Waals surface area contributed by atoms with Gasteiger partial charge >= 0.3 is 35.8 Å². The van der Waals surface area contributed by atoms with Crippen LogP contribution in [0.1, 0.15) is 104 Å².